The molecule has 1 amide bonds. The van der Waals surface area contributed by atoms with Crippen molar-refractivity contribution in [3.63, 3.8) is 0 Å². The monoisotopic (exact) mass is 341 g/mol. The fourth-order valence-electron chi connectivity index (χ4n) is 3.40. The van der Waals surface area contributed by atoms with Crippen molar-refractivity contribution in [1.82, 2.24) is 4.90 Å². The number of carboxylic acid groups (broad SMARTS) is 1. The van der Waals surface area contributed by atoms with Gasteiger partial charge in [-0.3, -0.25) is 9.59 Å². The molecule has 0 radical (unpaired) electrons. The minimum Gasteiger partial charge on any atom is -0.479 e. The van der Waals surface area contributed by atoms with E-state index in [0.29, 0.717) is 0 Å². The molecule has 0 aliphatic carbocycles. The molecule has 5 unspecified atom stereocenters. The normalized spacial score (nSPS) is 32.6. The second-order valence-electron chi connectivity index (χ2n) is 8.28. The summed E-state index contributed by atoms with van der Waals surface area (Å²) >= 11 is 0. The molecule has 2 heterocycles. The number of Topliss-reactive ketones (excluding diaryl/α,β-unsaturated/α-hetero) is 1. The lowest BCUT2D eigenvalue weighted by Gasteiger charge is -2.49. The van der Waals surface area contributed by atoms with Crippen molar-refractivity contribution in [3.8, 4) is 0 Å². The Kier molecular flexibility index (Phi) is 4.26. The Labute approximate surface area is 138 Å². The summed E-state index contributed by atoms with van der Waals surface area (Å²) in [4.78, 5) is 37.2. The van der Waals surface area contributed by atoms with Crippen LogP contribution in [0.15, 0.2) is 0 Å². The van der Waals surface area contributed by atoms with E-state index in [0.717, 1.165) is 0 Å². The van der Waals surface area contributed by atoms with E-state index in [1.807, 2.05) is 6.92 Å². The van der Waals surface area contributed by atoms with E-state index in [1.54, 1.807) is 6.92 Å². The number of carbonyl (C=O) groups excluding carboxylic acids is 2. The second-order valence-corrected chi connectivity index (χ2v) is 13.0. The van der Waals surface area contributed by atoms with Crippen LogP contribution in [0, 0.1) is 11.8 Å². The van der Waals surface area contributed by atoms with Crippen LogP contribution in [0.4, 0.5) is 0 Å². The van der Waals surface area contributed by atoms with Crippen molar-refractivity contribution in [2.45, 2.75) is 70.9 Å². The van der Waals surface area contributed by atoms with Crippen LogP contribution < -0.4 is 0 Å². The molecule has 2 aliphatic heterocycles. The van der Waals surface area contributed by atoms with E-state index in [-0.39, 0.29) is 28.9 Å². The summed E-state index contributed by atoms with van der Waals surface area (Å²) in [5.74, 6) is -2.77. The van der Waals surface area contributed by atoms with Gasteiger partial charge in [-0.25, -0.2) is 4.79 Å². The second kappa shape index (κ2) is 5.41. The number of carbonyl (C=O) groups is 3. The SMILES string of the molecule is CC(O[Si](C)(C)C(C)(C)C)C1C(=O)N2C(C(=O)O)C(=O)C(C)C12. The summed E-state index contributed by atoms with van der Waals surface area (Å²) in [6.07, 6.45) is -0.313. The predicted octanol–water partition coefficient (Wildman–Crippen LogP) is 1.90. The Morgan fingerprint density at radius 3 is 2.26 bits per heavy atom. The van der Waals surface area contributed by atoms with Crippen molar-refractivity contribution in [2.24, 2.45) is 11.8 Å². The molecule has 5 atom stereocenters. The third kappa shape index (κ3) is 2.63. The van der Waals surface area contributed by atoms with Gasteiger partial charge in [0.15, 0.2) is 20.1 Å². The Balaban J connectivity index is 2.19. The van der Waals surface area contributed by atoms with E-state index < -0.39 is 32.2 Å². The van der Waals surface area contributed by atoms with Crippen molar-refractivity contribution >= 4 is 26.0 Å². The number of hydrogen-bond acceptors (Lipinski definition) is 4. The number of β-lactam (4-membered cyclic amide) rings is 1. The van der Waals surface area contributed by atoms with Crippen LogP contribution in [0.25, 0.3) is 0 Å². The first-order valence-corrected chi connectivity index (χ1v) is 11.0. The zero-order chi connectivity index (χ0) is 17.9. The number of hydrogen-bond donors (Lipinski definition) is 1. The summed E-state index contributed by atoms with van der Waals surface area (Å²) in [6, 6.07) is -1.67. The lowest BCUT2D eigenvalue weighted by Crippen LogP contribution is -2.67. The molecule has 0 aromatic carbocycles. The van der Waals surface area contributed by atoms with Gasteiger partial charge in [0.05, 0.1) is 18.1 Å². The number of aliphatic carboxylic acids is 1. The van der Waals surface area contributed by atoms with Crippen LogP contribution in [-0.2, 0) is 18.8 Å². The molecular formula is C16H27NO5Si. The van der Waals surface area contributed by atoms with E-state index in [9.17, 15) is 19.5 Å². The third-order valence-electron chi connectivity index (χ3n) is 5.76. The number of amides is 1. The summed E-state index contributed by atoms with van der Waals surface area (Å²) < 4.78 is 6.30. The van der Waals surface area contributed by atoms with Crippen LogP contribution in [0.1, 0.15) is 34.6 Å². The zero-order valence-corrected chi connectivity index (χ0v) is 15.9. The van der Waals surface area contributed by atoms with Gasteiger partial charge in [0, 0.05) is 5.92 Å². The van der Waals surface area contributed by atoms with E-state index in [4.69, 9.17) is 4.43 Å². The van der Waals surface area contributed by atoms with Gasteiger partial charge in [-0.1, -0.05) is 27.7 Å². The van der Waals surface area contributed by atoms with Crippen molar-refractivity contribution in [2.75, 3.05) is 0 Å². The number of carboxylic acids is 1. The smallest absolute Gasteiger partial charge is 0.334 e. The molecule has 0 saturated carbocycles. The van der Waals surface area contributed by atoms with Gasteiger partial charge in [-0.15, -0.1) is 0 Å². The van der Waals surface area contributed by atoms with Crippen LogP contribution >= 0.6 is 0 Å². The Hall–Kier alpha value is -1.21. The molecule has 0 spiro atoms. The van der Waals surface area contributed by atoms with Crippen molar-refractivity contribution in [3.05, 3.63) is 0 Å². The van der Waals surface area contributed by atoms with Gasteiger partial charge in [0.2, 0.25) is 5.91 Å². The molecule has 130 valence electrons. The molecule has 2 rings (SSSR count). The van der Waals surface area contributed by atoms with Crippen molar-refractivity contribution in [1.29, 1.82) is 0 Å². The van der Waals surface area contributed by atoms with Gasteiger partial charge in [0.25, 0.3) is 0 Å². The molecule has 0 aromatic heterocycles. The molecule has 0 aromatic rings. The molecule has 1 N–H and O–H groups in total. The highest BCUT2D eigenvalue weighted by molar-refractivity contribution is 6.74. The van der Waals surface area contributed by atoms with Gasteiger partial charge in [-0.05, 0) is 25.1 Å². The number of fused-ring (bicyclic) bond motifs is 1. The summed E-state index contributed by atoms with van der Waals surface area (Å²) in [5.41, 5.74) is 0. The Bertz CT molecular complexity index is 553. The first-order chi connectivity index (χ1) is 10.3. The largest absolute Gasteiger partial charge is 0.479 e. The van der Waals surface area contributed by atoms with Crippen LogP contribution in [0.5, 0.6) is 0 Å². The van der Waals surface area contributed by atoms with Crippen LogP contribution in [0.2, 0.25) is 18.1 Å². The van der Waals surface area contributed by atoms with Crippen LogP contribution in [0.3, 0.4) is 0 Å². The average molecular weight is 341 g/mol. The van der Waals surface area contributed by atoms with Gasteiger partial charge >= 0.3 is 5.97 Å². The first kappa shape index (κ1) is 18.1. The lowest BCUT2D eigenvalue weighted by atomic mass is 9.79. The summed E-state index contributed by atoms with van der Waals surface area (Å²) in [5, 5.41) is 9.24. The maximum atomic E-state index is 12.5. The molecule has 2 aliphatic rings. The van der Waals surface area contributed by atoms with E-state index in [2.05, 4.69) is 33.9 Å². The topological polar surface area (TPSA) is 83.9 Å². The highest BCUT2D eigenvalue weighted by atomic mass is 28.4. The molecule has 2 fully saturated rings. The van der Waals surface area contributed by atoms with Crippen LogP contribution in [-0.4, -0.2) is 54.2 Å². The van der Waals surface area contributed by atoms with Gasteiger partial charge in [0.1, 0.15) is 0 Å². The van der Waals surface area contributed by atoms with E-state index in [1.165, 1.54) is 4.90 Å². The van der Waals surface area contributed by atoms with Gasteiger partial charge < -0.3 is 14.4 Å². The fraction of sp³-hybridized carbons (Fsp3) is 0.812. The Morgan fingerprint density at radius 1 is 1.30 bits per heavy atom. The molecular weight excluding hydrogens is 314 g/mol. The number of nitrogens with zero attached hydrogens (tertiary/aromatic N) is 1. The zero-order valence-electron chi connectivity index (χ0n) is 14.9. The minimum atomic E-state index is -2.04. The highest BCUT2D eigenvalue weighted by Crippen LogP contribution is 2.45. The number of rotatable bonds is 4. The molecule has 0 bridgehead atoms. The Morgan fingerprint density at radius 2 is 1.83 bits per heavy atom. The average Bonchev–Trinajstić information content (AvgIpc) is 2.58. The number of ketones is 1. The molecule has 23 heavy (non-hydrogen) atoms. The summed E-state index contributed by atoms with van der Waals surface area (Å²) in [6.45, 7) is 14.2. The lowest BCUT2D eigenvalue weighted by molar-refractivity contribution is -0.170. The van der Waals surface area contributed by atoms with Crippen molar-refractivity contribution < 1.29 is 23.9 Å². The molecule has 2 saturated heterocycles. The van der Waals surface area contributed by atoms with Gasteiger partial charge in [-0.2, -0.15) is 0 Å². The minimum absolute atomic E-state index is 0.0223. The summed E-state index contributed by atoms with van der Waals surface area (Å²) in [7, 11) is -2.04. The third-order valence-corrected chi connectivity index (χ3v) is 10.3. The fourth-order valence-corrected chi connectivity index (χ4v) is 4.83. The van der Waals surface area contributed by atoms with E-state index >= 15 is 0 Å². The maximum Gasteiger partial charge on any atom is 0.334 e. The maximum absolute atomic E-state index is 12.5. The predicted molar refractivity (Wildman–Crippen MR) is 87.5 cm³/mol. The molecule has 7 heteroatoms. The molecule has 6 nitrogen and oxygen atoms in total. The highest BCUT2D eigenvalue weighted by Gasteiger charge is 2.65. The first-order valence-electron chi connectivity index (χ1n) is 8.08. The standard InChI is InChI=1S/C16H27NO5Si/c1-8-11-10(9(2)22-23(6,7)16(3,4)5)14(19)17(11)12(13(8)18)15(20)21/h8-12H,1-7H3,(H,20,21). The quantitative estimate of drug-likeness (QED) is 0.480.